The molecule has 127 valence electrons. The number of rotatable bonds is 0. The van der Waals surface area contributed by atoms with Crippen LogP contribution in [-0.2, 0) is 39.0 Å². The maximum Gasteiger partial charge on any atom is 3.00 e. The van der Waals surface area contributed by atoms with Crippen LogP contribution in [0.4, 0.5) is 0 Å². The van der Waals surface area contributed by atoms with E-state index in [1.165, 1.54) is 33.4 Å². The molecule has 2 aromatic rings. The average Bonchev–Trinajstić information content (AvgIpc) is 2.73. The van der Waals surface area contributed by atoms with Crippen LogP contribution in [0.5, 0.6) is 0 Å². The first-order valence-corrected chi connectivity index (χ1v) is 7.86. The molecule has 3 heteroatoms. The molecule has 0 nitrogen and oxygen atoms in total. The van der Waals surface area contributed by atoms with Crippen LogP contribution in [0.3, 0.4) is 0 Å². The molecule has 0 bridgehead atoms. The van der Waals surface area contributed by atoms with Gasteiger partial charge in [0.1, 0.15) is 0 Å². The number of benzene rings is 2. The van der Waals surface area contributed by atoms with E-state index < -0.39 is 0 Å². The van der Waals surface area contributed by atoms with Gasteiger partial charge in [-0.25, -0.2) is 0 Å². The number of hydrogen-bond acceptors (Lipinski definition) is 0. The van der Waals surface area contributed by atoms with Crippen LogP contribution in [0, 0.1) is 6.07 Å². The van der Waals surface area contributed by atoms with Gasteiger partial charge in [-0.2, -0.15) is 23.8 Å². The zero-order valence-corrected chi connectivity index (χ0v) is 18.4. The molecule has 1 aliphatic carbocycles. The summed E-state index contributed by atoms with van der Waals surface area (Å²) in [5, 5.41) is 0. The summed E-state index contributed by atoms with van der Waals surface area (Å²) in [5.41, 5.74) is 8.70. The van der Waals surface area contributed by atoms with Crippen molar-refractivity contribution in [3.63, 3.8) is 0 Å². The van der Waals surface area contributed by atoms with Crippen molar-refractivity contribution in [2.24, 2.45) is 0 Å². The fourth-order valence-corrected chi connectivity index (χ4v) is 3.03. The van der Waals surface area contributed by atoms with E-state index in [0.29, 0.717) is 0 Å². The van der Waals surface area contributed by atoms with E-state index in [4.69, 9.17) is 0 Å². The summed E-state index contributed by atoms with van der Waals surface area (Å²) in [4.78, 5) is 0. The van der Waals surface area contributed by atoms with Crippen LogP contribution >= 0.6 is 0 Å². The third-order valence-corrected chi connectivity index (χ3v) is 4.46. The molecule has 0 saturated heterocycles. The van der Waals surface area contributed by atoms with Crippen LogP contribution in [0.15, 0.2) is 30.3 Å². The Morgan fingerprint density at radius 3 is 1.92 bits per heavy atom. The van der Waals surface area contributed by atoms with Crippen LogP contribution in [0.2, 0.25) is 0 Å². The van der Waals surface area contributed by atoms with Crippen molar-refractivity contribution in [2.75, 3.05) is 0 Å². The van der Waals surface area contributed by atoms with Crippen molar-refractivity contribution < 1.29 is 46.5 Å². The minimum atomic E-state index is 0. The SMILES string of the molecule is CC(C)(C)c1[c-]c2c(cc1)-c1ccc(C(C)(C)C)cc1C2.[Cl-].[Cl-].[Ti+3]. The average molecular weight is 396 g/mol. The molecule has 3 rings (SSSR count). The molecule has 2 aromatic carbocycles. The molecule has 24 heavy (non-hydrogen) atoms. The molecule has 1 aliphatic rings. The molecule has 0 spiro atoms. The molecule has 0 amide bonds. The van der Waals surface area contributed by atoms with Gasteiger partial charge in [-0.15, -0.1) is 11.1 Å². The van der Waals surface area contributed by atoms with Crippen molar-refractivity contribution >= 4 is 0 Å². The summed E-state index contributed by atoms with van der Waals surface area (Å²) >= 11 is 0. The second kappa shape index (κ2) is 7.96. The molecular weight excluding hydrogens is 371 g/mol. The van der Waals surface area contributed by atoms with Crippen molar-refractivity contribution in [2.45, 2.75) is 58.8 Å². The molecule has 0 unspecified atom stereocenters. The summed E-state index contributed by atoms with van der Waals surface area (Å²) in [6.07, 6.45) is 1.03. The quantitative estimate of drug-likeness (QED) is 0.361. The first kappa shape index (κ1) is 23.7. The third-order valence-electron chi connectivity index (χ3n) is 4.46. The Kier molecular flexibility index (Phi) is 7.87. The van der Waals surface area contributed by atoms with Crippen LogP contribution in [0.1, 0.15) is 63.8 Å². The molecular formula is C21H25Cl2Ti. The fourth-order valence-electron chi connectivity index (χ4n) is 3.03. The monoisotopic (exact) mass is 395 g/mol. The molecule has 0 atom stereocenters. The molecule has 0 saturated carbocycles. The summed E-state index contributed by atoms with van der Waals surface area (Å²) in [5.74, 6) is 0. The summed E-state index contributed by atoms with van der Waals surface area (Å²) < 4.78 is 0. The van der Waals surface area contributed by atoms with Crippen LogP contribution in [-0.4, -0.2) is 0 Å². The maximum atomic E-state index is 3.67. The Balaban J connectivity index is 0.00000176. The molecule has 0 fully saturated rings. The number of hydrogen-bond donors (Lipinski definition) is 0. The Hall–Kier alpha value is -0.266. The second-order valence-corrected chi connectivity index (χ2v) is 8.31. The van der Waals surface area contributed by atoms with Crippen molar-refractivity contribution in [3.8, 4) is 11.1 Å². The van der Waals surface area contributed by atoms with Gasteiger partial charge in [0.15, 0.2) is 0 Å². The Morgan fingerprint density at radius 2 is 1.38 bits per heavy atom. The first-order chi connectivity index (χ1) is 9.66. The zero-order valence-electron chi connectivity index (χ0n) is 15.3. The Bertz CT molecular complexity index is 645. The zero-order chi connectivity index (χ0) is 15.4. The standard InChI is InChI=1S/C21H25.2ClH.Ti/c1-20(2,3)16-7-9-18-14(12-16)11-15-13-17(21(4,5)6)8-10-19(15)18;;;/h7-10,12H,11H2,1-6H3;2*1H;/q-1;;;+3/p-2. The Morgan fingerprint density at radius 1 is 0.792 bits per heavy atom. The summed E-state index contributed by atoms with van der Waals surface area (Å²) in [6.45, 7) is 13.6. The summed E-state index contributed by atoms with van der Waals surface area (Å²) in [7, 11) is 0. The number of halogens is 2. The van der Waals surface area contributed by atoms with Gasteiger partial charge in [0.25, 0.3) is 0 Å². The van der Waals surface area contributed by atoms with E-state index >= 15 is 0 Å². The maximum absolute atomic E-state index is 3.67. The van der Waals surface area contributed by atoms with E-state index in [1.807, 2.05) is 0 Å². The smallest absolute Gasteiger partial charge is 1.00 e. The molecule has 0 aliphatic heterocycles. The predicted octanol–water partition coefficient (Wildman–Crippen LogP) is -0.342. The minimum Gasteiger partial charge on any atom is -1.00 e. The normalized spacial score (nSPS) is 12.2. The van der Waals surface area contributed by atoms with E-state index in [0.717, 1.165) is 6.42 Å². The third kappa shape index (κ3) is 4.47. The van der Waals surface area contributed by atoms with Crippen molar-refractivity contribution in [3.05, 3.63) is 58.7 Å². The molecule has 0 aromatic heterocycles. The van der Waals surface area contributed by atoms with Crippen molar-refractivity contribution in [1.82, 2.24) is 0 Å². The van der Waals surface area contributed by atoms with Gasteiger partial charge < -0.3 is 24.8 Å². The van der Waals surface area contributed by atoms with Gasteiger partial charge in [-0.3, -0.25) is 0 Å². The van der Waals surface area contributed by atoms with Gasteiger partial charge in [0.2, 0.25) is 0 Å². The largest absolute Gasteiger partial charge is 3.00 e. The van der Waals surface area contributed by atoms with Gasteiger partial charge >= 0.3 is 21.7 Å². The van der Waals surface area contributed by atoms with E-state index in [2.05, 4.69) is 77.9 Å². The minimum absolute atomic E-state index is 0. The number of fused-ring (bicyclic) bond motifs is 3. The first-order valence-electron chi connectivity index (χ1n) is 7.86. The van der Waals surface area contributed by atoms with Gasteiger partial charge in [0, 0.05) is 0 Å². The summed E-state index contributed by atoms with van der Waals surface area (Å²) in [6, 6.07) is 15.2. The molecule has 0 N–H and O–H groups in total. The fraction of sp³-hybridized carbons (Fsp3) is 0.429. The van der Waals surface area contributed by atoms with Crippen molar-refractivity contribution in [1.29, 1.82) is 0 Å². The Labute approximate surface area is 174 Å². The van der Waals surface area contributed by atoms with Gasteiger partial charge in [-0.05, 0) is 28.4 Å². The molecule has 0 heterocycles. The van der Waals surface area contributed by atoms with Gasteiger partial charge in [0.05, 0.1) is 0 Å². The van der Waals surface area contributed by atoms with E-state index in [9.17, 15) is 0 Å². The van der Waals surface area contributed by atoms with Gasteiger partial charge in [-0.1, -0.05) is 65.3 Å². The van der Waals surface area contributed by atoms with E-state index in [1.54, 1.807) is 0 Å². The van der Waals surface area contributed by atoms with E-state index in [-0.39, 0.29) is 57.4 Å². The van der Waals surface area contributed by atoms with Crippen LogP contribution in [0.25, 0.3) is 11.1 Å². The predicted molar refractivity (Wildman–Crippen MR) is 90.9 cm³/mol. The second-order valence-electron chi connectivity index (χ2n) is 8.31. The van der Waals surface area contributed by atoms with Crippen LogP contribution < -0.4 is 24.8 Å². The molecule has 1 radical (unpaired) electrons. The topological polar surface area (TPSA) is 0 Å².